The van der Waals surface area contributed by atoms with Gasteiger partial charge in [-0.25, -0.2) is 4.68 Å². The van der Waals surface area contributed by atoms with Gasteiger partial charge in [0.15, 0.2) is 0 Å². The van der Waals surface area contributed by atoms with Crippen molar-refractivity contribution in [3.8, 4) is 5.69 Å². The Morgan fingerprint density at radius 1 is 1.13 bits per heavy atom. The summed E-state index contributed by atoms with van der Waals surface area (Å²) in [5.74, 6) is -0.286. The second-order valence-corrected chi connectivity index (χ2v) is 5.34. The predicted octanol–water partition coefficient (Wildman–Crippen LogP) is 1.61. The molecular formula is C17H22N4O2. The van der Waals surface area contributed by atoms with Crippen LogP contribution in [0.5, 0.6) is 0 Å². The van der Waals surface area contributed by atoms with E-state index in [1.54, 1.807) is 10.9 Å². The molecule has 0 saturated heterocycles. The fraction of sp³-hybridized carbons (Fsp3) is 0.353. The lowest BCUT2D eigenvalue weighted by molar-refractivity contribution is -0.118. The van der Waals surface area contributed by atoms with E-state index in [4.69, 9.17) is 0 Å². The van der Waals surface area contributed by atoms with Crippen molar-refractivity contribution in [2.45, 2.75) is 27.2 Å². The van der Waals surface area contributed by atoms with Gasteiger partial charge >= 0.3 is 0 Å². The van der Waals surface area contributed by atoms with E-state index in [9.17, 15) is 9.59 Å². The van der Waals surface area contributed by atoms with Crippen LogP contribution in [0.2, 0.25) is 0 Å². The Morgan fingerprint density at radius 2 is 1.78 bits per heavy atom. The van der Waals surface area contributed by atoms with Gasteiger partial charge in [0.05, 0.1) is 23.1 Å². The molecule has 6 heteroatoms. The highest BCUT2D eigenvalue weighted by atomic mass is 16.2. The van der Waals surface area contributed by atoms with Crippen molar-refractivity contribution in [3.63, 3.8) is 0 Å². The second-order valence-electron chi connectivity index (χ2n) is 5.34. The first kappa shape index (κ1) is 16.7. The first-order valence-electron chi connectivity index (χ1n) is 7.69. The van der Waals surface area contributed by atoms with Crippen molar-refractivity contribution in [2.75, 3.05) is 13.1 Å². The number of aryl methyl sites for hydroxylation is 1. The summed E-state index contributed by atoms with van der Waals surface area (Å²) in [5, 5.41) is 9.79. The van der Waals surface area contributed by atoms with Crippen LogP contribution in [-0.4, -0.2) is 34.7 Å². The fourth-order valence-corrected chi connectivity index (χ4v) is 2.32. The number of rotatable bonds is 6. The van der Waals surface area contributed by atoms with Crippen LogP contribution in [0.1, 0.15) is 35.5 Å². The maximum absolute atomic E-state index is 12.3. The van der Waals surface area contributed by atoms with E-state index in [-0.39, 0.29) is 11.8 Å². The molecule has 2 rings (SSSR count). The summed E-state index contributed by atoms with van der Waals surface area (Å²) in [5.41, 5.74) is 3.54. The second kappa shape index (κ2) is 7.58. The summed E-state index contributed by atoms with van der Waals surface area (Å²) in [6, 6.07) is 8.01. The summed E-state index contributed by atoms with van der Waals surface area (Å²) in [4.78, 5) is 23.1. The molecule has 1 heterocycles. The van der Waals surface area contributed by atoms with Gasteiger partial charge in [-0.1, -0.05) is 24.6 Å². The van der Waals surface area contributed by atoms with Crippen molar-refractivity contribution in [1.82, 2.24) is 20.4 Å². The van der Waals surface area contributed by atoms with Crippen LogP contribution >= 0.6 is 0 Å². The van der Waals surface area contributed by atoms with Crippen molar-refractivity contribution in [3.05, 3.63) is 47.3 Å². The highest BCUT2D eigenvalue weighted by Gasteiger charge is 2.16. The third-order valence-electron chi connectivity index (χ3n) is 3.51. The molecule has 0 aliphatic rings. The van der Waals surface area contributed by atoms with Gasteiger partial charge in [-0.15, -0.1) is 0 Å². The number of hydrogen-bond donors (Lipinski definition) is 2. The number of carbonyl (C=O) groups is 2. The minimum Gasteiger partial charge on any atom is -0.355 e. The minimum absolute atomic E-state index is 0.110. The minimum atomic E-state index is -0.175. The lowest BCUT2D eigenvalue weighted by atomic mass is 10.1. The molecule has 0 bridgehead atoms. The molecule has 2 N–H and O–H groups in total. The zero-order valence-corrected chi connectivity index (χ0v) is 13.7. The quantitative estimate of drug-likeness (QED) is 0.795. The lowest BCUT2D eigenvalue weighted by Gasteiger charge is -2.09. The maximum Gasteiger partial charge on any atom is 0.254 e. The van der Waals surface area contributed by atoms with E-state index in [0.29, 0.717) is 25.1 Å². The van der Waals surface area contributed by atoms with Gasteiger partial charge in [0, 0.05) is 20.0 Å². The van der Waals surface area contributed by atoms with Crippen molar-refractivity contribution in [1.29, 1.82) is 0 Å². The smallest absolute Gasteiger partial charge is 0.254 e. The molecule has 0 saturated carbocycles. The largest absolute Gasteiger partial charge is 0.355 e. The molecule has 1 aromatic carbocycles. The molecule has 122 valence electrons. The van der Waals surface area contributed by atoms with Crippen LogP contribution in [0.15, 0.2) is 30.5 Å². The Labute approximate surface area is 135 Å². The molecule has 0 radical (unpaired) electrons. The summed E-state index contributed by atoms with van der Waals surface area (Å²) in [6.45, 7) is 6.27. The van der Waals surface area contributed by atoms with Crippen LogP contribution in [-0.2, 0) is 11.2 Å². The zero-order valence-electron chi connectivity index (χ0n) is 13.7. The van der Waals surface area contributed by atoms with Gasteiger partial charge in [-0.3, -0.25) is 9.59 Å². The Kier molecular flexibility index (Phi) is 5.51. The summed E-state index contributed by atoms with van der Waals surface area (Å²) >= 11 is 0. The number of amides is 2. The Balaban J connectivity index is 2.12. The van der Waals surface area contributed by atoms with E-state index in [1.165, 1.54) is 12.5 Å². The maximum atomic E-state index is 12.3. The van der Waals surface area contributed by atoms with Gasteiger partial charge in [-0.2, -0.15) is 5.10 Å². The molecule has 0 atom stereocenters. The van der Waals surface area contributed by atoms with Crippen LogP contribution in [0, 0.1) is 6.92 Å². The topological polar surface area (TPSA) is 76.0 Å². The van der Waals surface area contributed by atoms with E-state index < -0.39 is 0 Å². The normalized spacial score (nSPS) is 10.4. The van der Waals surface area contributed by atoms with Crippen molar-refractivity contribution >= 4 is 11.8 Å². The molecule has 0 aliphatic heterocycles. The average Bonchev–Trinajstić information content (AvgIpc) is 2.96. The predicted molar refractivity (Wildman–Crippen MR) is 88.7 cm³/mol. The molecule has 2 aromatic rings. The number of hydrogen-bond acceptors (Lipinski definition) is 3. The Bertz CT molecular complexity index is 689. The standard InChI is InChI=1S/C17H22N4O2/c1-4-16-15(17(23)19-10-9-18-13(3)22)11-20-21(16)14-7-5-12(2)6-8-14/h5-8,11H,4,9-10H2,1-3H3,(H,18,22)(H,19,23). The van der Waals surface area contributed by atoms with E-state index in [2.05, 4.69) is 15.7 Å². The summed E-state index contributed by atoms with van der Waals surface area (Å²) in [6.07, 6.45) is 2.29. The number of aromatic nitrogens is 2. The van der Waals surface area contributed by atoms with Crippen LogP contribution in [0.4, 0.5) is 0 Å². The number of benzene rings is 1. The zero-order chi connectivity index (χ0) is 16.8. The number of nitrogens with one attached hydrogen (secondary N) is 2. The highest BCUT2D eigenvalue weighted by molar-refractivity contribution is 5.95. The molecule has 0 fully saturated rings. The van der Waals surface area contributed by atoms with Gasteiger partial charge in [0.2, 0.25) is 5.91 Å². The third kappa shape index (κ3) is 4.18. The molecule has 1 aromatic heterocycles. The van der Waals surface area contributed by atoms with Crippen molar-refractivity contribution < 1.29 is 9.59 Å². The van der Waals surface area contributed by atoms with E-state index in [1.807, 2.05) is 38.1 Å². The summed E-state index contributed by atoms with van der Waals surface area (Å²) < 4.78 is 1.79. The lowest BCUT2D eigenvalue weighted by Crippen LogP contribution is -2.33. The first-order chi connectivity index (χ1) is 11.0. The van der Waals surface area contributed by atoms with Crippen molar-refractivity contribution in [2.24, 2.45) is 0 Å². The fourth-order valence-electron chi connectivity index (χ4n) is 2.32. The number of nitrogens with zero attached hydrogens (tertiary/aromatic N) is 2. The Morgan fingerprint density at radius 3 is 2.39 bits per heavy atom. The first-order valence-corrected chi connectivity index (χ1v) is 7.69. The summed E-state index contributed by atoms with van der Waals surface area (Å²) in [7, 11) is 0. The molecule has 0 unspecified atom stereocenters. The van der Waals surface area contributed by atoms with Gasteiger partial charge in [-0.05, 0) is 25.5 Å². The van der Waals surface area contributed by atoms with E-state index in [0.717, 1.165) is 11.4 Å². The molecule has 0 aliphatic carbocycles. The monoisotopic (exact) mass is 314 g/mol. The molecule has 6 nitrogen and oxygen atoms in total. The third-order valence-corrected chi connectivity index (χ3v) is 3.51. The van der Waals surface area contributed by atoms with E-state index >= 15 is 0 Å². The average molecular weight is 314 g/mol. The van der Waals surface area contributed by atoms with Crippen LogP contribution in [0.25, 0.3) is 5.69 Å². The van der Waals surface area contributed by atoms with Crippen LogP contribution in [0.3, 0.4) is 0 Å². The number of carbonyl (C=O) groups excluding carboxylic acids is 2. The SMILES string of the molecule is CCc1c(C(=O)NCCNC(C)=O)cnn1-c1ccc(C)cc1. The van der Waals surface area contributed by atoms with Gasteiger partial charge < -0.3 is 10.6 Å². The van der Waals surface area contributed by atoms with Gasteiger partial charge in [0.25, 0.3) is 5.91 Å². The Hall–Kier alpha value is -2.63. The highest BCUT2D eigenvalue weighted by Crippen LogP contribution is 2.16. The molecular weight excluding hydrogens is 292 g/mol. The van der Waals surface area contributed by atoms with Crippen LogP contribution < -0.4 is 10.6 Å². The molecule has 0 spiro atoms. The molecule has 2 amide bonds. The van der Waals surface area contributed by atoms with Gasteiger partial charge in [0.1, 0.15) is 0 Å². The molecule has 23 heavy (non-hydrogen) atoms.